The molecule has 1 atom stereocenters. The van der Waals surface area contributed by atoms with Crippen LogP contribution in [0, 0.1) is 5.41 Å². The number of fused-ring (bicyclic) bond motifs is 2. The minimum Gasteiger partial charge on any atom is -0.333 e. The average molecular weight is 441 g/mol. The number of carbonyl (C=O) groups is 2. The molecule has 2 aliphatic heterocycles. The van der Waals surface area contributed by atoms with E-state index in [1.165, 1.54) is 5.57 Å². The van der Waals surface area contributed by atoms with Gasteiger partial charge in [-0.1, -0.05) is 87.5 Å². The molecule has 0 spiro atoms. The summed E-state index contributed by atoms with van der Waals surface area (Å²) in [6.45, 7) is 8.80. The van der Waals surface area contributed by atoms with Gasteiger partial charge in [0.15, 0.2) is 0 Å². The van der Waals surface area contributed by atoms with Crippen molar-refractivity contribution in [3.05, 3.63) is 107 Å². The summed E-state index contributed by atoms with van der Waals surface area (Å²) in [7, 11) is 0. The molecule has 0 aromatic heterocycles. The van der Waals surface area contributed by atoms with E-state index in [1.807, 2.05) is 72.2 Å². The van der Waals surface area contributed by atoms with E-state index in [0.717, 1.165) is 28.7 Å². The van der Waals surface area contributed by atoms with Crippen LogP contribution in [0.4, 0.5) is 0 Å². The second kappa shape index (κ2) is 9.62. The van der Waals surface area contributed by atoms with Gasteiger partial charge in [0, 0.05) is 42.7 Å². The van der Waals surface area contributed by atoms with Gasteiger partial charge in [-0.2, -0.15) is 0 Å². The highest BCUT2D eigenvalue weighted by Crippen LogP contribution is 2.31. The molecule has 2 aromatic rings. The van der Waals surface area contributed by atoms with Crippen molar-refractivity contribution in [3.63, 3.8) is 0 Å². The molecule has 170 valence electrons. The Balaban J connectivity index is 0.00000126. The Morgan fingerprint density at radius 1 is 0.818 bits per heavy atom. The molecule has 0 N–H and O–H groups in total. The van der Waals surface area contributed by atoms with E-state index in [9.17, 15) is 9.59 Å². The third-order valence-corrected chi connectivity index (χ3v) is 6.41. The molecule has 1 unspecified atom stereocenters. The molecule has 0 bridgehead atoms. The van der Waals surface area contributed by atoms with Gasteiger partial charge in [-0.05, 0) is 35.3 Å². The van der Waals surface area contributed by atoms with Crippen LogP contribution in [0.2, 0.25) is 0 Å². The van der Waals surface area contributed by atoms with Gasteiger partial charge in [0.2, 0.25) is 0 Å². The van der Waals surface area contributed by atoms with Crippen LogP contribution in [0.3, 0.4) is 0 Å². The van der Waals surface area contributed by atoms with Crippen LogP contribution in [0.25, 0.3) is 0 Å². The first-order valence-corrected chi connectivity index (χ1v) is 11.8. The average Bonchev–Trinajstić information content (AvgIpc) is 3.30. The first-order valence-electron chi connectivity index (χ1n) is 11.8. The van der Waals surface area contributed by atoms with Gasteiger partial charge in [-0.25, -0.2) is 0 Å². The van der Waals surface area contributed by atoms with Crippen molar-refractivity contribution in [2.75, 3.05) is 13.1 Å². The zero-order chi connectivity index (χ0) is 23.4. The van der Waals surface area contributed by atoms with E-state index in [0.29, 0.717) is 26.2 Å². The molecular weight excluding hydrogens is 408 g/mol. The zero-order valence-electron chi connectivity index (χ0n) is 19.8. The molecule has 0 fully saturated rings. The minimum absolute atomic E-state index is 0.114. The fraction of sp³-hybridized carbons (Fsp3) is 0.310. The highest BCUT2D eigenvalue weighted by Gasteiger charge is 2.32. The van der Waals surface area contributed by atoms with Gasteiger partial charge in [0.05, 0.1) is 0 Å². The smallest absolute Gasteiger partial charge is 0.254 e. The van der Waals surface area contributed by atoms with Crippen molar-refractivity contribution in [1.29, 1.82) is 0 Å². The van der Waals surface area contributed by atoms with Crippen molar-refractivity contribution in [3.8, 4) is 0 Å². The third-order valence-electron chi connectivity index (χ3n) is 6.41. The number of rotatable bonds is 4. The Morgan fingerprint density at radius 3 is 2.03 bits per heavy atom. The quantitative estimate of drug-likeness (QED) is 0.566. The van der Waals surface area contributed by atoms with Crippen LogP contribution < -0.4 is 0 Å². The lowest BCUT2D eigenvalue weighted by Crippen LogP contribution is -2.34. The Labute approximate surface area is 196 Å². The molecule has 0 radical (unpaired) electrons. The van der Waals surface area contributed by atoms with Crippen molar-refractivity contribution in [1.82, 2.24) is 9.80 Å². The van der Waals surface area contributed by atoms with Crippen LogP contribution in [-0.2, 0) is 13.1 Å². The Bertz CT molecular complexity index is 1140. The Morgan fingerprint density at radius 2 is 1.39 bits per heavy atom. The van der Waals surface area contributed by atoms with E-state index >= 15 is 0 Å². The van der Waals surface area contributed by atoms with Crippen LogP contribution >= 0.6 is 0 Å². The standard InChI is InChI=1S/C27H26N2O2.C2H6/c1-27(19-29-18-22-11-3-5-13-24(22)26(29)31)14-6-8-20(9-7-15-27)16-28-17-21-10-2-4-12-23(21)25(28)30;1-2/h2-8,10-15H,9,16-19H2,1H3;1-2H3/b14-6-,15-7-,20-8?;. The molecule has 2 heterocycles. The fourth-order valence-electron chi connectivity index (χ4n) is 4.77. The second-order valence-corrected chi connectivity index (χ2v) is 8.93. The summed E-state index contributed by atoms with van der Waals surface area (Å²) in [5.41, 5.74) is 4.84. The third kappa shape index (κ3) is 4.70. The molecule has 1 aliphatic carbocycles. The van der Waals surface area contributed by atoms with Crippen LogP contribution in [0.15, 0.2) is 84.5 Å². The van der Waals surface area contributed by atoms with Crippen molar-refractivity contribution < 1.29 is 9.59 Å². The maximum Gasteiger partial charge on any atom is 0.254 e. The maximum absolute atomic E-state index is 12.8. The predicted molar refractivity (Wildman–Crippen MR) is 133 cm³/mol. The lowest BCUT2D eigenvalue weighted by molar-refractivity contribution is 0.0745. The lowest BCUT2D eigenvalue weighted by Gasteiger charge is -2.29. The predicted octanol–water partition coefficient (Wildman–Crippen LogP) is 5.77. The van der Waals surface area contributed by atoms with Gasteiger partial charge in [0.25, 0.3) is 11.8 Å². The zero-order valence-corrected chi connectivity index (χ0v) is 19.8. The summed E-state index contributed by atoms with van der Waals surface area (Å²) in [4.78, 5) is 29.3. The number of amides is 2. The number of carbonyl (C=O) groups excluding carboxylic acids is 2. The molecule has 33 heavy (non-hydrogen) atoms. The summed E-state index contributed by atoms with van der Waals surface area (Å²) in [5.74, 6) is 0.229. The molecular formula is C29H32N2O2. The van der Waals surface area contributed by atoms with Gasteiger partial charge >= 0.3 is 0 Å². The van der Waals surface area contributed by atoms with E-state index in [2.05, 4.69) is 37.3 Å². The number of nitrogens with zero attached hydrogens (tertiary/aromatic N) is 2. The van der Waals surface area contributed by atoms with E-state index in [-0.39, 0.29) is 17.2 Å². The lowest BCUT2D eigenvalue weighted by atomic mass is 9.87. The highest BCUT2D eigenvalue weighted by molar-refractivity contribution is 5.99. The SMILES string of the molecule is CC.CC1(CN2Cc3ccccc3C2=O)/C=C\C=C(CN2Cc3ccccc3C2=O)C/C=C\1. The van der Waals surface area contributed by atoms with Crippen molar-refractivity contribution >= 4 is 11.8 Å². The monoisotopic (exact) mass is 440 g/mol. The summed E-state index contributed by atoms with van der Waals surface area (Å²) in [6.07, 6.45) is 11.6. The molecule has 3 aliphatic rings. The second-order valence-electron chi connectivity index (χ2n) is 8.93. The maximum atomic E-state index is 12.8. The molecule has 5 rings (SSSR count). The van der Waals surface area contributed by atoms with Gasteiger partial charge in [-0.3, -0.25) is 9.59 Å². The van der Waals surface area contributed by atoms with E-state index in [1.54, 1.807) is 0 Å². The van der Waals surface area contributed by atoms with Crippen LogP contribution in [0.5, 0.6) is 0 Å². The summed E-state index contributed by atoms with van der Waals surface area (Å²) >= 11 is 0. The number of hydrogen-bond acceptors (Lipinski definition) is 2. The summed E-state index contributed by atoms with van der Waals surface area (Å²) in [5, 5.41) is 0. The molecule has 0 saturated heterocycles. The molecule has 2 amide bonds. The van der Waals surface area contributed by atoms with Gasteiger partial charge in [0.1, 0.15) is 0 Å². The Kier molecular flexibility index (Phi) is 6.64. The minimum atomic E-state index is -0.223. The number of hydrogen-bond donors (Lipinski definition) is 0. The molecule has 4 heteroatoms. The van der Waals surface area contributed by atoms with Crippen molar-refractivity contribution in [2.24, 2.45) is 5.41 Å². The summed E-state index contributed by atoms with van der Waals surface area (Å²) in [6, 6.07) is 15.7. The van der Waals surface area contributed by atoms with Crippen LogP contribution in [0.1, 0.15) is 59.0 Å². The number of allylic oxidation sites excluding steroid dienone is 3. The molecule has 2 aromatic carbocycles. The molecule has 4 nitrogen and oxygen atoms in total. The largest absolute Gasteiger partial charge is 0.333 e. The fourth-order valence-corrected chi connectivity index (χ4v) is 4.77. The summed E-state index contributed by atoms with van der Waals surface area (Å²) < 4.78 is 0. The van der Waals surface area contributed by atoms with Crippen molar-refractivity contribution in [2.45, 2.75) is 40.3 Å². The Hall–Kier alpha value is -3.40. The first-order chi connectivity index (χ1) is 16.0. The van der Waals surface area contributed by atoms with Gasteiger partial charge in [-0.15, -0.1) is 0 Å². The topological polar surface area (TPSA) is 40.6 Å². The van der Waals surface area contributed by atoms with Gasteiger partial charge < -0.3 is 9.80 Å². The highest BCUT2D eigenvalue weighted by atomic mass is 16.2. The number of benzene rings is 2. The first kappa shape index (κ1) is 22.8. The van der Waals surface area contributed by atoms with E-state index in [4.69, 9.17) is 0 Å². The van der Waals surface area contributed by atoms with Crippen LogP contribution in [-0.4, -0.2) is 34.7 Å². The normalized spacial score (nSPS) is 23.1. The van der Waals surface area contributed by atoms with E-state index < -0.39 is 0 Å². The molecule has 0 saturated carbocycles.